The lowest BCUT2D eigenvalue weighted by Crippen LogP contribution is -1.88. The molecule has 8 heteroatoms. The minimum absolute atomic E-state index is 0.438. The minimum Gasteiger partial charge on any atom is -0.497 e. The molecule has 0 fully saturated rings. The lowest BCUT2D eigenvalue weighted by Gasteiger charge is -1.98. The molecule has 2 heterocycles. The van der Waals surface area contributed by atoms with Crippen LogP contribution in [0.2, 0.25) is 0 Å². The fourth-order valence-corrected chi connectivity index (χ4v) is 2.43. The van der Waals surface area contributed by atoms with E-state index in [1.54, 1.807) is 31.5 Å². The number of para-hydroxylation sites is 1. The Hall–Kier alpha value is -3.94. The molecule has 0 amide bonds. The standard InChI is InChI=1S/C12H9N3O.C8H9NO3/c13-9-5-2-1-4-8(9)12-15-11-10(16-12)6-3-7-14-11;1-11-7-3-2-4-8(6-5-7)12-9-10/h1-7H,13H2;3-6H,2H2,1H3. The van der Waals surface area contributed by atoms with Crippen LogP contribution in [0.4, 0.5) is 5.69 Å². The molecule has 2 N–H and O–H groups in total. The van der Waals surface area contributed by atoms with Crippen molar-refractivity contribution >= 4 is 16.9 Å². The first-order chi connectivity index (χ1) is 13.7. The van der Waals surface area contributed by atoms with Crippen LogP contribution < -0.4 is 5.73 Å². The van der Waals surface area contributed by atoms with Gasteiger partial charge in [-0.3, -0.25) is 0 Å². The van der Waals surface area contributed by atoms with Gasteiger partial charge in [0.15, 0.2) is 22.3 Å². The summed E-state index contributed by atoms with van der Waals surface area (Å²) in [4.78, 5) is 22.5. The lowest BCUT2D eigenvalue weighted by atomic mass is 10.2. The monoisotopic (exact) mass is 378 g/mol. The van der Waals surface area contributed by atoms with E-state index in [-0.39, 0.29) is 0 Å². The van der Waals surface area contributed by atoms with Crippen LogP contribution in [0, 0.1) is 4.91 Å². The van der Waals surface area contributed by atoms with E-state index in [0.29, 0.717) is 35.0 Å². The van der Waals surface area contributed by atoms with Gasteiger partial charge >= 0.3 is 0 Å². The van der Waals surface area contributed by atoms with Crippen LogP contribution in [0.5, 0.6) is 0 Å². The Morgan fingerprint density at radius 2 is 1.89 bits per heavy atom. The SMILES string of the molecule is COC1=CCC=C(ON=O)C=C1.Nc1ccccc1-c1nc2ncccc2o1. The van der Waals surface area contributed by atoms with Crippen LogP contribution in [0.1, 0.15) is 6.42 Å². The molecule has 28 heavy (non-hydrogen) atoms. The lowest BCUT2D eigenvalue weighted by molar-refractivity contribution is 0.234. The minimum atomic E-state index is 0.438. The molecular formula is C20H18N4O4. The highest BCUT2D eigenvalue weighted by atomic mass is 16.7. The highest BCUT2D eigenvalue weighted by Crippen LogP contribution is 2.27. The van der Waals surface area contributed by atoms with E-state index < -0.39 is 0 Å². The van der Waals surface area contributed by atoms with E-state index >= 15 is 0 Å². The highest BCUT2D eigenvalue weighted by molar-refractivity contribution is 5.76. The Labute approximate surface area is 160 Å². The number of pyridine rings is 1. The van der Waals surface area contributed by atoms with Crippen molar-refractivity contribution in [2.24, 2.45) is 5.34 Å². The zero-order valence-corrected chi connectivity index (χ0v) is 15.1. The van der Waals surface area contributed by atoms with Crippen molar-refractivity contribution in [3.63, 3.8) is 0 Å². The number of aromatic nitrogens is 2. The number of anilines is 1. The maximum atomic E-state index is 9.74. The molecule has 2 aromatic heterocycles. The number of nitrogens with two attached hydrogens (primary N) is 1. The van der Waals surface area contributed by atoms with Crippen molar-refractivity contribution in [3.05, 3.63) is 83.3 Å². The molecule has 0 bridgehead atoms. The molecule has 0 unspecified atom stereocenters. The van der Waals surface area contributed by atoms with Crippen LogP contribution in [0.3, 0.4) is 0 Å². The first kappa shape index (κ1) is 18.8. The first-order valence-electron chi connectivity index (χ1n) is 8.39. The third-order valence-corrected chi connectivity index (χ3v) is 3.78. The smallest absolute Gasteiger partial charge is 0.230 e. The van der Waals surface area contributed by atoms with Crippen LogP contribution >= 0.6 is 0 Å². The molecule has 8 nitrogen and oxygen atoms in total. The molecule has 0 atom stereocenters. The van der Waals surface area contributed by atoms with Crippen molar-refractivity contribution in [2.45, 2.75) is 6.42 Å². The predicted molar refractivity (Wildman–Crippen MR) is 105 cm³/mol. The summed E-state index contributed by atoms with van der Waals surface area (Å²) < 4.78 is 10.6. The predicted octanol–water partition coefficient (Wildman–Crippen LogP) is 4.53. The summed E-state index contributed by atoms with van der Waals surface area (Å²) in [7, 11) is 1.58. The van der Waals surface area contributed by atoms with Gasteiger partial charge < -0.3 is 19.7 Å². The summed E-state index contributed by atoms with van der Waals surface area (Å²) in [5.74, 6) is 1.69. The quantitative estimate of drug-likeness (QED) is 0.403. The van der Waals surface area contributed by atoms with Crippen LogP contribution in [-0.2, 0) is 9.57 Å². The second-order valence-corrected chi connectivity index (χ2v) is 5.58. The van der Waals surface area contributed by atoms with Gasteiger partial charge in [0.1, 0.15) is 5.76 Å². The number of hydrogen-bond acceptors (Lipinski definition) is 8. The molecule has 0 spiro atoms. The van der Waals surface area contributed by atoms with Crippen molar-refractivity contribution in [2.75, 3.05) is 12.8 Å². The number of fused-ring (bicyclic) bond motifs is 1. The van der Waals surface area contributed by atoms with Gasteiger partial charge in [0.2, 0.25) is 5.89 Å². The van der Waals surface area contributed by atoms with Crippen LogP contribution in [0.25, 0.3) is 22.7 Å². The van der Waals surface area contributed by atoms with Gasteiger partial charge in [-0.2, -0.15) is 4.98 Å². The van der Waals surface area contributed by atoms with E-state index in [9.17, 15) is 4.91 Å². The highest BCUT2D eigenvalue weighted by Gasteiger charge is 2.10. The zero-order valence-electron chi connectivity index (χ0n) is 15.1. The Kier molecular flexibility index (Phi) is 6.14. The van der Waals surface area contributed by atoms with Crippen molar-refractivity contribution in [1.82, 2.24) is 9.97 Å². The molecule has 4 rings (SSSR count). The van der Waals surface area contributed by atoms with Crippen molar-refractivity contribution in [1.29, 1.82) is 0 Å². The van der Waals surface area contributed by atoms with Gasteiger partial charge in [0, 0.05) is 11.9 Å². The summed E-state index contributed by atoms with van der Waals surface area (Å²) in [5, 5.41) is 2.32. The molecule has 0 saturated heterocycles. The fraction of sp³-hybridized carbons (Fsp3) is 0.100. The average Bonchev–Trinajstić information content (AvgIpc) is 3.02. The number of oxazole rings is 1. The van der Waals surface area contributed by atoms with Crippen molar-refractivity contribution < 1.29 is 14.0 Å². The third kappa shape index (κ3) is 4.61. The molecule has 0 radical (unpaired) electrons. The number of benzene rings is 1. The Morgan fingerprint density at radius 1 is 1.11 bits per heavy atom. The molecule has 1 aromatic carbocycles. The summed E-state index contributed by atoms with van der Waals surface area (Å²) in [6, 6.07) is 11.1. The number of ether oxygens (including phenoxy) is 1. The molecular weight excluding hydrogens is 360 g/mol. The number of methoxy groups -OCH3 is 1. The topological polar surface area (TPSA) is 113 Å². The summed E-state index contributed by atoms with van der Waals surface area (Å²) in [5.41, 5.74) is 8.56. The summed E-state index contributed by atoms with van der Waals surface area (Å²) in [6.07, 6.45) is 9.30. The number of nitrogens with zero attached hydrogens (tertiary/aromatic N) is 3. The second-order valence-electron chi connectivity index (χ2n) is 5.58. The number of allylic oxidation sites excluding steroid dienone is 4. The Morgan fingerprint density at radius 3 is 2.64 bits per heavy atom. The van der Waals surface area contributed by atoms with Gasteiger partial charge in [0.25, 0.3) is 0 Å². The Bertz CT molecular complexity index is 1020. The Balaban J connectivity index is 0.000000169. The number of hydrogen-bond donors (Lipinski definition) is 1. The van der Waals surface area contributed by atoms with Crippen molar-refractivity contribution in [3.8, 4) is 11.5 Å². The second kappa shape index (κ2) is 9.13. The average molecular weight is 378 g/mol. The van der Waals surface area contributed by atoms with Gasteiger partial charge in [-0.15, -0.1) is 4.91 Å². The van der Waals surface area contributed by atoms with E-state index in [4.69, 9.17) is 14.9 Å². The van der Waals surface area contributed by atoms with E-state index in [1.807, 2.05) is 42.5 Å². The number of rotatable bonds is 4. The fourth-order valence-electron chi connectivity index (χ4n) is 2.43. The van der Waals surface area contributed by atoms with Gasteiger partial charge in [-0.25, -0.2) is 4.98 Å². The first-order valence-corrected chi connectivity index (χ1v) is 8.39. The summed E-state index contributed by atoms with van der Waals surface area (Å²) in [6.45, 7) is 0. The maximum absolute atomic E-state index is 9.74. The van der Waals surface area contributed by atoms with Gasteiger partial charge in [0.05, 0.1) is 12.7 Å². The largest absolute Gasteiger partial charge is 0.497 e. The van der Waals surface area contributed by atoms with Crippen LogP contribution in [0.15, 0.2) is 88.2 Å². The number of nitrogen functional groups attached to an aromatic ring is 1. The van der Waals surface area contributed by atoms with E-state index in [1.165, 1.54) is 0 Å². The molecule has 3 aromatic rings. The zero-order chi connectivity index (χ0) is 19.8. The van der Waals surface area contributed by atoms with E-state index in [2.05, 4.69) is 20.1 Å². The normalized spacial score (nSPS) is 12.9. The molecule has 1 aliphatic carbocycles. The molecule has 0 aliphatic heterocycles. The van der Waals surface area contributed by atoms with Gasteiger partial charge in [-0.1, -0.05) is 12.1 Å². The third-order valence-electron chi connectivity index (χ3n) is 3.78. The van der Waals surface area contributed by atoms with E-state index in [0.717, 1.165) is 11.3 Å². The van der Waals surface area contributed by atoms with Gasteiger partial charge in [-0.05, 0) is 55.0 Å². The summed E-state index contributed by atoms with van der Waals surface area (Å²) >= 11 is 0. The molecule has 1 aliphatic rings. The molecule has 0 saturated carbocycles. The van der Waals surface area contributed by atoms with Crippen LogP contribution in [-0.4, -0.2) is 17.1 Å². The molecule has 142 valence electrons. The maximum Gasteiger partial charge on any atom is 0.230 e.